The Labute approximate surface area is 895 Å². The number of carbonyl (C=O) groups is 8. The van der Waals surface area contributed by atoms with Crippen molar-refractivity contribution in [2.45, 2.75) is 224 Å². The summed E-state index contributed by atoms with van der Waals surface area (Å²) in [5.41, 5.74) is 38.1. The van der Waals surface area contributed by atoms with E-state index in [1.54, 1.807) is 54.7 Å². The molecule has 0 aromatic carbocycles. The van der Waals surface area contributed by atoms with Crippen molar-refractivity contribution in [1.82, 2.24) is 115 Å². The number of pyridine rings is 4. The standard InChI is InChI=1S/C26H35Cl2N9O3.C26H35ClN8O2.C25H34Cl2N8O2.C22H28Cl2N8O2/c1-2-14-13-36(24-21(28)33-20(23(30)34-24)25(39)31-17-4-5-18(17)38)11-12-37(14)15-7-9-35(10-8-15)26(40)16-3-6-19(27)32-22(16)29;1-3-18-15-34(24-16(2)30-21(14-29-24)25(36)31-17-4-5-17)12-13-35(18)19-8-10-33(11-9-19)26(37)20-6-7-22(27)32-23(20)28;1-4-16-14-34(23-21(27)31-19(13-29-23)24(36)30-15(2)3)11-12-35(16)17-7-9-33(10-8-17)25(37)18-5-6-20(26)32-22(18)28;1-2-13-12-31(21-18(24)28-16(11-27-21)20(26)33)9-10-32(13)14-5-7-30(8-6-14)22(34)15-3-4-17(23)29-19(15)25/h3,6,14-15,17-18,38H,2,4-5,7-13H2,1H3,(H2,29,32)(H2,30,34)(H,31,39);6-7,14,17-19H,3-5,8-13,15H2,1-2H3,(H2,28,32)(H,31,36);5-6,13,15-17H,4,7-12,14H2,1-3H3,(H2,28,32)(H,30,36);3-4,11,13-14H,2,5-10,12H2,1H3,(H2,25,29)(H2,26,33)/t14-,17+,18-;18-;16-;13-/m0000/s1. The molecule has 18 rings (SSSR count). The monoisotopic (exact) mass is 2170 g/mol. The minimum Gasteiger partial charge on any atom is -0.391 e. The van der Waals surface area contributed by atoms with Crippen LogP contribution in [0, 0.1) is 6.92 Å². The number of likely N-dealkylation sites (tertiary alicyclic amines) is 4. The number of aryl methyl sites for hydroxylation is 1. The molecule has 8 aliphatic heterocycles. The smallest absolute Gasteiger partial charge is 0.274 e. The Kier molecular flexibility index (Phi) is 37.5. The lowest BCUT2D eigenvalue weighted by atomic mass is 9.89. The highest BCUT2D eigenvalue weighted by Crippen LogP contribution is 2.38. The van der Waals surface area contributed by atoms with Gasteiger partial charge in [-0.25, -0.2) is 59.8 Å². The third-order valence-electron chi connectivity index (χ3n) is 29.6. The molecular formula is C99H132Cl7N33O9. The number of nitrogens with one attached hydrogen (secondary N) is 3. The molecule has 0 bridgehead atoms. The Hall–Kier alpha value is -11.3. The van der Waals surface area contributed by atoms with Crippen LogP contribution in [0.3, 0.4) is 0 Å². The van der Waals surface area contributed by atoms with Gasteiger partial charge < -0.3 is 94.7 Å². The predicted octanol–water partition coefficient (Wildman–Crippen LogP) is 9.48. The van der Waals surface area contributed by atoms with Gasteiger partial charge in [0.2, 0.25) is 0 Å². The maximum Gasteiger partial charge on any atom is 0.274 e. The number of aliphatic hydroxyl groups excluding tert-OH is 1. The lowest BCUT2D eigenvalue weighted by Crippen LogP contribution is -2.59. The van der Waals surface area contributed by atoms with Gasteiger partial charge in [-0.05, 0) is 172 Å². The number of aromatic nitrogens is 12. The number of amides is 8. The van der Waals surface area contributed by atoms with Crippen molar-refractivity contribution in [1.29, 1.82) is 0 Å². The zero-order valence-electron chi connectivity index (χ0n) is 84.3. The number of hydrogen-bond acceptors (Lipinski definition) is 34. The summed E-state index contributed by atoms with van der Waals surface area (Å²) >= 11 is 42.8. The maximum atomic E-state index is 13.0. The first-order chi connectivity index (χ1) is 70.9. The summed E-state index contributed by atoms with van der Waals surface area (Å²) in [4.78, 5) is 178. The number of piperidine rings is 4. The minimum absolute atomic E-state index is 0.00343. The molecule has 148 heavy (non-hydrogen) atoms. The molecule has 8 amide bonds. The Morgan fingerprint density at radius 1 is 0.358 bits per heavy atom. The summed E-state index contributed by atoms with van der Waals surface area (Å²) in [6.45, 7) is 29.3. The summed E-state index contributed by atoms with van der Waals surface area (Å²) in [5, 5.41) is 19.9. The van der Waals surface area contributed by atoms with E-state index < -0.39 is 17.9 Å². The normalized spacial score (nSPS) is 21.2. The van der Waals surface area contributed by atoms with Crippen LogP contribution in [-0.4, -0.2) is 355 Å². The summed E-state index contributed by atoms with van der Waals surface area (Å²) in [7, 11) is 0. The number of nitrogens with two attached hydrogens (primary N) is 6. The predicted molar refractivity (Wildman–Crippen MR) is 573 cm³/mol. The third-order valence-corrected chi connectivity index (χ3v) is 31.2. The topological polar surface area (TPSA) is 543 Å². The van der Waals surface area contributed by atoms with E-state index in [1.165, 1.54) is 12.4 Å². The van der Waals surface area contributed by atoms with E-state index in [9.17, 15) is 43.5 Å². The van der Waals surface area contributed by atoms with Crippen molar-refractivity contribution < 1.29 is 43.5 Å². The molecule has 42 nitrogen and oxygen atoms in total. The Morgan fingerprint density at radius 2 is 0.676 bits per heavy atom. The van der Waals surface area contributed by atoms with Gasteiger partial charge >= 0.3 is 0 Å². The number of piperazine rings is 4. The van der Waals surface area contributed by atoms with Crippen molar-refractivity contribution in [3.8, 4) is 0 Å². The Morgan fingerprint density at radius 3 is 0.973 bits per heavy atom. The summed E-state index contributed by atoms with van der Waals surface area (Å²) < 4.78 is 0. The van der Waals surface area contributed by atoms with E-state index in [4.69, 9.17) is 116 Å². The number of rotatable bonds is 23. The Balaban J connectivity index is 0.000000148. The third kappa shape index (κ3) is 26.8. The fourth-order valence-corrected chi connectivity index (χ4v) is 22.6. The molecule has 6 atom stereocenters. The average Bonchev–Trinajstić information content (AvgIpc) is 0.821. The van der Waals surface area contributed by atoms with E-state index in [-0.39, 0.29) is 136 Å². The summed E-state index contributed by atoms with van der Waals surface area (Å²) in [5.74, 6) is 1.18. The van der Waals surface area contributed by atoms with Crippen LogP contribution in [0.1, 0.15) is 233 Å². The first kappa shape index (κ1) is 111. The quantitative estimate of drug-likeness (QED) is 0.0266. The average molecular weight is 2180 g/mol. The van der Waals surface area contributed by atoms with Gasteiger partial charge in [0.05, 0.1) is 58.7 Å². The van der Waals surface area contributed by atoms with Crippen LogP contribution in [0.25, 0.3) is 0 Å². The first-order valence-electron chi connectivity index (χ1n) is 51.0. The summed E-state index contributed by atoms with van der Waals surface area (Å²) in [6.07, 6.45) is 18.4. The molecule has 2 saturated carbocycles. The highest BCUT2D eigenvalue weighted by atomic mass is 35.5. The fourth-order valence-electron chi connectivity index (χ4n) is 21.2. The maximum absolute atomic E-state index is 13.0. The second-order valence-electron chi connectivity index (χ2n) is 39.3. The molecule has 49 heteroatoms. The highest BCUT2D eigenvalue weighted by Gasteiger charge is 2.43. The van der Waals surface area contributed by atoms with E-state index in [0.29, 0.717) is 172 Å². The zero-order valence-corrected chi connectivity index (χ0v) is 89.6. The van der Waals surface area contributed by atoms with Gasteiger partial charge in [-0.2, -0.15) is 0 Å². The van der Waals surface area contributed by atoms with Gasteiger partial charge in [-0.3, -0.25) is 58.0 Å². The number of anilines is 9. The molecule has 0 unspecified atom stereocenters. The van der Waals surface area contributed by atoms with E-state index in [0.717, 1.165) is 167 Å². The van der Waals surface area contributed by atoms with Crippen LogP contribution in [0.2, 0.25) is 36.1 Å². The van der Waals surface area contributed by atoms with Crippen molar-refractivity contribution in [2.75, 3.05) is 179 Å². The van der Waals surface area contributed by atoms with Crippen LogP contribution in [0.5, 0.6) is 0 Å². The fraction of sp³-hybridized carbons (Fsp3) is 0.556. The van der Waals surface area contributed by atoms with Gasteiger partial charge in [0.25, 0.3) is 47.3 Å². The Bertz CT molecular complexity index is 5920. The number of carbonyl (C=O) groups excluding carboxylic acids is 8. The molecular weight excluding hydrogens is 2040 g/mol. The first-order valence-corrected chi connectivity index (χ1v) is 53.6. The van der Waals surface area contributed by atoms with E-state index in [1.807, 2.05) is 40.4 Å². The molecule has 16 heterocycles. The molecule has 10 fully saturated rings. The second kappa shape index (κ2) is 50.1. The van der Waals surface area contributed by atoms with Crippen LogP contribution in [0.4, 0.5) is 52.4 Å². The molecule has 0 spiro atoms. The van der Waals surface area contributed by atoms with Crippen molar-refractivity contribution in [3.63, 3.8) is 0 Å². The van der Waals surface area contributed by atoms with Crippen LogP contribution >= 0.6 is 81.2 Å². The van der Waals surface area contributed by atoms with Gasteiger partial charge in [-0.15, -0.1) is 0 Å². The minimum atomic E-state index is -0.656. The zero-order chi connectivity index (χ0) is 106. The van der Waals surface area contributed by atoms with Gasteiger partial charge in [0, 0.05) is 191 Å². The molecule has 8 aromatic rings. The van der Waals surface area contributed by atoms with E-state index in [2.05, 4.69) is 143 Å². The lowest BCUT2D eigenvalue weighted by Gasteiger charge is -2.47. The number of nitrogen functional groups attached to an aromatic ring is 5. The molecule has 2 aliphatic carbocycles. The molecule has 796 valence electrons. The van der Waals surface area contributed by atoms with Crippen molar-refractivity contribution in [2.24, 2.45) is 5.73 Å². The molecule has 16 N–H and O–H groups in total. The molecule has 8 saturated heterocycles. The van der Waals surface area contributed by atoms with Gasteiger partial charge in [0.1, 0.15) is 66.8 Å². The van der Waals surface area contributed by atoms with Gasteiger partial charge in [-0.1, -0.05) is 109 Å². The van der Waals surface area contributed by atoms with Gasteiger partial charge in [0.15, 0.2) is 44.4 Å². The molecule has 8 aromatic heterocycles. The number of halogens is 7. The second-order valence-corrected chi connectivity index (χ2v) is 41.9. The summed E-state index contributed by atoms with van der Waals surface area (Å²) in [6, 6.07) is 15.7. The van der Waals surface area contributed by atoms with Crippen LogP contribution in [-0.2, 0) is 0 Å². The number of nitrogens with zero attached hydrogens (tertiary/aromatic N) is 24. The van der Waals surface area contributed by atoms with Crippen LogP contribution < -0.4 is 70.0 Å². The van der Waals surface area contributed by atoms with E-state index >= 15 is 0 Å². The molecule has 10 aliphatic rings. The number of hydrogen-bond donors (Lipinski definition) is 10. The lowest BCUT2D eigenvalue weighted by molar-refractivity contribution is 0.0446. The van der Waals surface area contributed by atoms with Crippen LogP contribution in [0.15, 0.2) is 67.1 Å². The number of aliphatic hydroxyl groups is 1. The largest absolute Gasteiger partial charge is 0.391 e. The molecule has 0 radical (unpaired) electrons. The highest BCUT2D eigenvalue weighted by molar-refractivity contribution is 6.33. The SMILES string of the molecule is CC[C@H]1CN(c2nc(N)c(C(=O)N[C@@H]3CC[C@@H]3O)nc2Cl)CCN1C1CCN(C(=O)c2ccc(Cl)nc2N)CC1.CC[C@H]1CN(c2ncc(C(=O)NC(C)C)nc2Cl)CCN1C1CCN(C(=O)c2ccc(Cl)nc2N)CC1.CC[C@H]1CN(c2ncc(C(=O)NC3CC3)nc2C)CCN1C1CCN(C(=O)c2ccc(Cl)nc2N)CC1.CC[C@H]1CN(c2ncc(C(N)=O)nc2Cl)CCN1C1CCN(C(=O)c2ccc(Cl)nc2N)CC1. The van der Waals surface area contributed by atoms with Crippen molar-refractivity contribution >= 4 is 181 Å². The number of primary amides is 1. The van der Waals surface area contributed by atoms with Crippen molar-refractivity contribution in [3.05, 3.63) is 154 Å².